The lowest BCUT2D eigenvalue weighted by Crippen LogP contribution is -2.13. The molecule has 0 atom stereocenters. The van der Waals surface area contributed by atoms with E-state index in [-0.39, 0.29) is 12.3 Å². The van der Waals surface area contributed by atoms with Gasteiger partial charge in [0, 0.05) is 19.3 Å². The molecule has 0 saturated carbocycles. The molecule has 88 valence electrons. The van der Waals surface area contributed by atoms with Crippen LogP contribution in [0.25, 0.3) is 0 Å². The van der Waals surface area contributed by atoms with Crippen LogP contribution in [0.5, 0.6) is 0 Å². The summed E-state index contributed by atoms with van der Waals surface area (Å²) in [4.78, 5) is 25.9. The van der Waals surface area contributed by atoms with Crippen LogP contribution in [0.15, 0.2) is 6.20 Å². The summed E-state index contributed by atoms with van der Waals surface area (Å²) in [6.07, 6.45) is 4.64. The first kappa shape index (κ1) is 12.9. The van der Waals surface area contributed by atoms with E-state index in [9.17, 15) is 9.59 Å². The number of rotatable bonds is 7. The fraction of sp³-hybridized carbons (Fsp3) is 0.545. The zero-order chi connectivity index (χ0) is 12.0. The Bertz CT molecular complexity index is 374. The minimum atomic E-state index is 0.134. The SMILES string of the molecule is CCCC(=O)Cn1c(Cl)cnc1CCC=O. The van der Waals surface area contributed by atoms with Crippen molar-refractivity contribution in [3.8, 4) is 0 Å². The van der Waals surface area contributed by atoms with E-state index in [0.29, 0.717) is 30.2 Å². The zero-order valence-corrected chi connectivity index (χ0v) is 10.0. The van der Waals surface area contributed by atoms with Crippen molar-refractivity contribution in [2.75, 3.05) is 0 Å². The van der Waals surface area contributed by atoms with Crippen molar-refractivity contribution < 1.29 is 9.59 Å². The molecule has 0 amide bonds. The highest BCUT2D eigenvalue weighted by Gasteiger charge is 2.11. The summed E-state index contributed by atoms with van der Waals surface area (Å²) < 4.78 is 1.67. The number of hydrogen-bond donors (Lipinski definition) is 0. The van der Waals surface area contributed by atoms with Crippen molar-refractivity contribution in [1.29, 1.82) is 0 Å². The Morgan fingerprint density at radius 1 is 1.62 bits per heavy atom. The smallest absolute Gasteiger partial charge is 0.152 e. The number of hydrogen-bond acceptors (Lipinski definition) is 3. The standard InChI is InChI=1S/C11H15ClN2O2/c1-2-4-9(16)8-14-10(12)7-13-11(14)5-3-6-15/h6-7H,2-5,8H2,1H3. The van der Waals surface area contributed by atoms with Gasteiger partial charge in [-0.2, -0.15) is 0 Å². The van der Waals surface area contributed by atoms with Crippen LogP contribution < -0.4 is 0 Å². The Kier molecular flexibility index (Phi) is 5.19. The maximum absolute atomic E-state index is 11.5. The highest BCUT2D eigenvalue weighted by molar-refractivity contribution is 6.29. The fourth-order valence-corrected chi connectivity index (χ4v) is 1.69. The first-order chi connectivity index (χ1) is 7.69. The van der Waals surface area contributed by atoms with Crippen LogP contribution in [0.4, 0.5) is 0 Å². The van der Waals surface area contributed by atoms with Crippen molar-refractivity contribution in [1.82, 2.24) is 9.55 Å². The van der Waals surface area contributed by atoms with Crippen molar-refractivity contribution in [3.05, 3.63) is 17.2 Å². The molecular formula is C11H15ClN2O2. The summed E-state index contributed by atoms with van der Waals surface area (Å²) in [5.74, 6) is 0.830. The van der Waals surface area contributed by atoms with E-state index in [4.69, 9.17) is 11.6 Å². The monoisotopic (exact) mass is 242 g/mol. The second-order valence-electron chi connectivity index (χ2n) is 3.58. The van der Waals surface area contributed by atoms with Crippen LogP contribution in [0.2, 0.25) is 5.15 Å². The number of nitrogens with zero attached hydrogens (tertiary/aromatic N) is 2. The van der Waals surface area contributed by atoms with Crippen molar-refractivity contribution in [2.45, 2.75) is 39.2 Å². The maximum Gasteiger partial charge on any atom is 0.152 e. The number of halogens is 1. The molecule has 0 spiro atoms. The Hall–Kier alpha value is -1.16. The summed E-state index contributed by atoms with van der Waals surface area (Å²) >= 11 is 5.93. The average molecular weight is 243 g/mol. The third kappa shape index (κ3) is 3.45. The van der Waals surface area contributed by atoms with E-state index in [1.54, 1.807) is 4.57 Å². The second kappa shape index (κ2) is 6.43. The van der Waals surface area contributed by atoms with E-state index >= 15 is 0 Å². The predicted octanol–water partition coefficient (Wildman–Crippen LogP) is 2.04. The quantitative estimate of drug-likeness (QED) is 0.688. The molecule has 1 aromatic heterocycles. The second-order valence-corrected chi connectivity index (χ2v) is 3.96. The number of ketones is 1. The highest BCUT2D eigenvalue weighted by atomic mass is 35.5. The normalized spacial score (nSPS) is 10.4. The molecule has 1 rings (SSSR count). The topological polar surface area (TPSA) is 52.0 Å². The van der Waals surface area contributed by atoms with Crippen LogP contribution >= 0.6 is 11.6 Å². The van der Waals surface area contributed by atoms with E-state index < -0.39 is 0 Å². The van der Waals surface area contributed by atoms with E-state index in [2.05, 4.69) is 4.98 Å². The Balaban J connectivity index is 2.72. The molecule has 1 aromatic rings. The largest absolute Gasteiger partial charge is 0.312 e. The third-order valence-electron chi connectivity index (χ3n) is 2.24. The molecule has 0 aliphatic carbocycles. The van der Waals surface area contributed by atoms with Gasteiger partial charge in [-0.1, -0.05) is 18.5 Å². The molecule has 0 aliphatic heterocycles. The molecule has 4 nitrogen and oxygen atoms in total. The molecule has 0 N–H and O–H groups in total. The molecule has 5 heteroatoms. The molecule has 0 radical (unpaired) electrons. The summed E-state index contributed by atoms with van der Waals surface area (Å²) in [5, 5.41) is 0.449. The minimum Gasteiger partial charge on any atom is -0.312 e. The zero-order valence-electron chi connectivity index (χ0n) is 9.28. The lowest BCUT2D eigenvalue weighted by molar-refractivity contribution is -0.119. The lowest BCUT2D eigenvalue weighted by Gasteiger charge is -2.06. The number of aromatic nitrogens is 2. The average Bonchev–Trinajstić information content (AvgIpc) is 2.58. The van der Waals surface area contributed by atoms with E-state index in [0.717, 1.165) is 12.7 Å². The lowest BCUT2D eigenvalue weighted by atomic mass is 10.2. The predicted molar refractivity (Wildman–Crippen MR) is 61.5 cm³/mol. The molecule has 0 fully saturated rings. The number of carbonyl (C=O) groups is 2. The number of aldehydes is 1. The summed E-state index contributed by atoms with van der Waals surface area (Å²) in [6, 6.07) is 0. The summed E-state index contributed by atoms with van der Waals surface area (Å²) in [5.41, 5.74) is 0. The Morgan fingerprint density at radius 3 is 3.00 bits per heavy atom. The van der Waals surface area contributed by atoms with Gasteiger partial charge in [0.15, 0.2) is 5.78 Å². The van der Waals surface area contributed by atoms with Crippen LogP contribution in [0, 0.1) is 0 Å². The van der Waals surface area contributed by atoms with Gasteiger partial charge in [-0.25, -0.2) is 4.98 Å². The van der Waals surface area contributed by atoms with E-state index in [1.807, 2.05) is 6.92 Å². The first-order valence-corrected chi connectivity index (χ1v) is 5.72. The van der Waals surface area contributed by atoms with Crippen molar-refractivity contribution in [2.24, 2.45) is 0 Å². The van der Waals surface area contributed by atoms with Crippen LogP contribution in [-0.4, -0.2) is 21.6 Å². The molecule has 0 bridgehead atoms. The van der Waals surface area contributed by atoms with Gasteiger partial charge in [-0.3, -0.25) is 4.79 Å². The van der Waals surface area contributed by atoms with Gasteiger partial charge in [0.05, 0.1) is 12.7 Å². The number of carbonyl (C=O) groups excluding carboxylic acids is 2. The molecule has 0 aromatic carbocycles. The molecule has 16 heavy (non-hydrogen) atoms. The van der Waals surface area contributed by atoms with E-state index in [1.165, 1.54) is 6.20 Å². The van der Waals surface area contributed by atoms with Crippen LogP contribution in [0.3, 0.4) is 0 Å². The van der Waals surface area contributed by atoms with Crippen LogP contribution in [-0.2, 0) is 22.6 Å². The first-order valence-electron chi connectivity index (χ1n) is 5.34. The van der Waals surface area contributed by atoms with Crippen LogP contribution in [0.1, 0.15) is 32.0 Å². The molecule has 1 heterocycles. The number of Topliss-reactive ketones (excluding diaryl/α,β-unsaturated/α-hetero) is 1. The van der Waals surface area contributed by atoms with Gasteiger partial charge in [0.2, 0.25) is 0 Å². The van der Waals surface area contributed by atoms with Crippen molar-refractivity contribution >= 4 is 23.7 Å². The van der Waals surface area contributed by atoms with Gasteiger partial charge in [0.1, 0.15) is 17.3 Å². The Labute approximate surface area is 99.6 Å². The minimum absolute atomic E-state index is 0.134. The molecule has 0 aliphatic rings. The van der Waals surface area contributed by atoms with Gasteiger partial charge < -0.3 is 9.36 Å². The maximum atomic E-state index is 11.5. The highest BCUT2D eigenvalue weighted by Crippen LogP contribution is 2.13. The van der Waals surface area contributed by atoms with Gasteiger partial charge in [-0.15, -0.1) is 0 Å². The van der Waals surface area contributed by atoms with Gasteiger partial charge in [0.25, 0.3) is 0 Å². The van der Waals surface area contributed by atoms with Gasteiger partial charge in [-0.05, 0) is 6.42 Å². The van der Waals surface area contributed by atoms with Crippen molar-refractivity contribution in [3.63, 3.8) is 0 Å². The summed E-state index contributed by atoms with van der Waals surface area (Å²) in [6.45, 7) is 2.21. The Morgan fingerprint density at radius 2 is 2.38 bits per heavy atom. The number of imidazole rings is 1. The summed E-state index contributed by atoms with van der Waals surface area (Å²) in [7, 11) is 0. The fourth-order valence-electron chi connectivity index (χ4n) is 1.48. The molecular weight excluding hydrogens is 228 g/mol. The third-order valence-corrected chi connectivity index (χ3v) is 2.54. The van der Waals surface area contributed by atoms with Gasteiger partial charge >= 0.3 is 0 Å². The molecule has 0 unspecified atom stereocenters. The molecule has 0 saturated heterocycles. The number of aryl methyl sites for hydroxylation is 1.